The summed E-state index contributed by atoms with van der Waals surface area (Å²) in [4.78, 5) is 38.7. The molecule has 2 aliphatic rings. The molecule has 0 aromatic heterocycles. The number of ketones is 1. The molecule has 1 unspecified atom stereocenters. The molecular weight excluding hydrogens is 346 g/mol. The number of nitrogens with one attached hydrogen (secondary N) is 1. The highest BCUT2D eigenvalue weighted by Crippen LogP contribution is 2.65. The maximum absolute atomic E-state index is 13.2. The number of hydrogen-bond donors (Lipinski definition) is 1. The van der Waals surface area contributed by atoms with Gasteiger partial charge in [-0.3, -0.25) is 14.4 Å². The van der Waals surface area contributed by atoms with E-state index in [-0.39, 0.29) is 18.3 Å². The summed E-state index contributed by atoms with van der Waals surface area (Å²) in [5, 5.41) is 2.81. The lowest BCUT2D eigenvalue weighted by Gasteiger charge is -2.09. The third-order valence-corrected chi connectivity index (χ3v) is 5.40. The van der Waals surface area contributed by atoms with E-state index in [0.29, 0.717) is 22.6 Å². The lowest BCUT2D eigenvalue weighted by molar-refractivity contribution is -0.146. The van der Waals surface area contributed by atoms with Crippen LogP contribution in [-0.2, 0) is 19.7 Å². The van der Waals surface area contributed by atoms with Crippen molar-refractivity contribution in [1.82, 2.24) is 0 Å². The lowest BCUT2D eigenvalue weighted by Crippen LogP contribution is -2.26. The normalized spacial score (nSPS) is 24.9. The monoisotopic (exact) mass is 365 g/mol. The Bertz CT molecular complexity index is 936. The van der Waals surface area contributed by atoms with E-state index < -0.39 is 23.2 Å². The predicted octanol–water partition coefficient (Wildman–Crippen LogP) is 2.58. The Morgan fingerprint density at radius 2 is 1.78 bits per heavy atom. The Labute approximate surface area is 156 Å². The number of carbonyl (C=O) groups is 3. The number of Topliss-reactive ketones (excluding diaryl/α,β-unsaturated/α-hetero) is 1. The Hall–Kier alpha value is -3.15. The maximum atomic E-state index is 13.2. The summed E-state index contributed by atoms with van der Waals surface area (Å²) < 4.78 is 10.3. The van der Waals surface area contributed by atoms with Gasteiger partial charge in [0.15, 0.2) is 5.78 Å². The summed E-state index contributed by atoms with van der Waals surface area (Å²) in [5.74, 6) is -2.07. The van der Waals surface area contributed by atoms with Crippen LogP contribution in [0.3, 0.4) is 0 Å². The van der Waals surface area contributed by atoms with Crippen molar-refractivity contribution in [3.63, 3.8) is 0 Å². The van der Waals surface area contributed by atoms with E-state index >= 15 is 0 Å². The first-order valence-corrected chi connectivity index (χ1v) is 8.81. The third-order valence-electron chi connectivity index (χ3n) is 5.40. The molecule has 1 saturated carbocycles. The van der Waals surface area contributed by atoms with Crippen LogP contribution in [0.4, 0.5) is 5.69 Å². The van der Waals surface area contributed by atoms with Crippen LogP contribution in [0.15, 0.2) is 48.5 Å². The minimum absolute atomic E-state index is 0.193. The molecule has 2 aromatic rings. The number of esters is 1. The molecule has 1 amide bonds. The van der Waals surface area contributed by atoms with Crippen LogP contribution in [0.5, 0.6) is 5.75 Å². The first-order chi connectivity index (χ1) is 13.1. The van der Waals surface area contributed by atoms with Crippen molar-refractivity contribution in [2.45, 2.75) is 12.3 Å². The van der Waals surface area contributed by atoms with Gasteiger partial charge in [0, 0.05) is 11.3 Å². The van der Waals surface area contributed by atoms with Gasteiger partial charge in [0.2, 0.25) is 5.91 Å². The highest BCUT2D eigenvalue weighted by Gasteiger charge is 2.79. The molecule has 1 aliphatic heterocycles. The first kappa shape index (κ1) is 17.3. The summed E-state index contributed by atoms with van der Waals surface area (Å²) in [7, 11) is 1.54. The van der Waals surface area contributed by atoms with Gasteiger partial charge in [-0.25, -0.2) is 0 Å². The van der Waals surface area contributed by atoms with E-state index in [9.17, 15) is 14.4 Å². The zero-order chi connectivity index (χ0) is 19.2. The van der Waals surface area contributed by atoms with Gasteiger partial charge in [0.1, 0.15) is 11.2 Å². The summed E-state index contributed by atoms with van der Waals surface area (Å²) in [6.45, 7) is 1.90. The molecule has 6 heteroatoms. The number of anilines is 1. The molecule has 1 spiro atoms. The molecule has 2 aromatic carbocycles. The van der Waals surface area contributed by atoms with Crippen LogP contribution in [0.2, 0.25) is 0 Å². The summed E-state index contributed by atoms with van der Waals surface area (Å²) >= 11 is 0. The van der Waals surface area contributed by atoms with Crippen LogP contribution >= 0.6 is 0 Å². The highest BCUT2D eigenvalue weighted by molar-refractivity contribution is 6.20. The molecule has 1 heterocycles. The second-order valence-electron chi connectivity index (χ2n) is 6.67. The van der Waals surface area contributed by atoms with E-state index in [4.69, 9.17) is 9.47 Å². The van der Waals surface area contributed by atoms with Crippen LogP contribution in [-0.4, -0.2) is 31.4 Å². The van der Waals surface area contributed by atoms with E-state index in [1.807, 2.05) is 0 Å². The zero-order valence-corrected chi connectivity index (χ0v) is 15.0. The molecule has 1 N–H and O–H groups in total. The maximum Gasteiger partial charge on any atom is 0.311 e. The minimum atomic E-state index is -1.19. The quantitative estimate of drug-likeness (QED) is 0.651. The van der Waals surface area contributed by atoms with E-state index in [1.165, 1.54) is 0 Å². The van der Waals surface area contributed by atoms with Crippen molar-refractivity contribution in [1.29, 1.82) is 0 Å². The number of para-hydroxylation sites is 1. The largest absolute Gasteiger partial charge is 0.497 e. The van der Waals surface area contributed by atoms with Crippen LogP contribution in [0.1, 0.15) is 22.8 Å². The molecule has 0 bridgehead atoms. The van der Waals surface area contributed by atoms with Crippen molar-refractivity contribution in [2.75, 3.05) is 19.0 Å². The molecule has 138 valence electrons. The number of hydrogen-bond acceptors (Lipinski definition) is 5. The fourth-order valence-electron chi connectivity index (χ4n) is 4.15. The number of ether oxygens (including phenoxy) is 2. The van der Waals surface area contributed by atoms with Crippen LogP contribution < -0.4 is 10.1 Å². The highest BCUT2D eigenvalue weighted by atomic mass is 16.5. The molecule has 6 nitrogen and oxygen atoms in total. The third kappa shape index (κ3) is 2.36. The van der Waals surface area contributed by atoms with Crippen molar-refractivity contribution < 1.29 is 23.9 Å². The molecule has 1 fully saturated rings. The Morgan fingerprint density at radius 1 is 1.07 bits per heavy atom. The summed E-state index contributed by atoms with van der Waals surface area (Å²) in [6.07, 6.45) is 0. The number of fused-ring (bicyclic) bond motifs is 2. The minimum Gasteiger partial charge on any atom is -0.497 e. The number of benzene rings is 2. The van der Waals surface area contributed by atoms with Gasteiger partial charge in [0.05, 0.1) is 25.6 Å². The van der Waals surface area contributed by atoms with Crippen molar-refractivity contribution in [2.24, 2.45) is 11.8 Å². The second kappa shape index (κ2) is 6.23. The van der Waals surface area contributed by atoms with Gasteiger partial charge in [0.25, 0.3) is 0 Å². The van der Waals surface area contributed by atoms with Gasteiger partial charge in [-0.05, 0) is 42.8 Å². The topological polar surface area (TPSA) is 81.7 Å². The average molecular weight is 365 g/mol. The van der Waals surface area contributed by atoms with Gasteiger partial charge in [-0.1, -0.05) is 18.2 Å². The molecule has 1 aliphatic carbocycles. The SMILES string of the molecule is CCOC(=O)[C@H]1[C@H](C(=O)c2ccc(OC)cc2)C12C(=O)Nc1ccccc12. The molecule has 3 atom stereocenters. The Balaban J connectivity index is 1.77. The molecule has 0 saturated heterocycles. The molecular formula is C21H19NO5. The van der Waals surface area contributed by atoms with Crippen molar-refractivity contribution in [3.05, 3.63) is 59.7 Å². The summed E-state index contributed by atoms with van der Waals surface area (Å²) in [5.41, 5.74) is 0.561. The predicted molar refractivity (Wildman–Crippen MR) is 97.7 cm³/mol. The standard InChI is InChI=1S/C21H19NO5/c1-3-27-19(24)17-16(18(23)12-8-10-13(26-2)11-9-12)21(17)14-6-4-5-7-15(14)22-20(21)25/h4-11,16-17H,3H2,1-2H3,(H,22,25)/t16-,17-,21?/m1/s1. The fraction of sp³-hybridized carbons (Fsp3) is 0.286. The average Bonchev–Trinajstić information content (AvgIpc) is 3.30. The first-order valence-electron chi connectivity index (χ1n) is 8.81. The second-order valence-corrected chi connectivity index (χ2v) is 6.67. The van der Waals surface area contributed by atoms with Crippen molar-refractivity contribution >= 4 is 23.3 Å². The van der Waals surface area contributed by atoms with Gasteiger partial charge >= 0.3 is 5.97 Å². The molecule has 4 rings (SSSR count). The Morgan fingerprint density at radius 3 is 2.44 bits per heavy atom. The fourth-order valence-corrected chi connectivity index (χ4v) is 4.15. The van der Waals surface area contributed by atoms with Gasteiger partial charge in [-0.15, -0.1) is 0 Å². The van der Waals surface area contributed by atoms with Gasteiger partial charge < -0.3 is 14.8 Å². The van der Waals surface area contributed by atoms with Crippen molar-refractivity contribution in [3.8, 4) is 5.75 Å². The molecule has 0 radical (unpaired) electrons. The number of methoxy groups -OCH3 is 1. The van der Waals surface area contributed by atoms with Crippen LogP contribution in [0.25, 0.3) is 0 Å². The van der Waals surface area contributed by atoms with E-state index in [0.717, 1.165) is 0 Å². The lowest BCUT2D eigenvalue weighted by atomic mass is 9.91. The Kier molecular flexibility index (Phi) is 3.98. The smallest absolute Gasteiger partial charge is 0.311 e. The zero-order valence-electron chi connectivity index (χ0n) is 15.0. The summed E-state index contributed by atoms with van der Waals surface area (Å²) in [6, 6.07) is 13.8. The number of rotatable bonds is 5. The van der Waals surface area contributed by atoms with Crippen LogP contribution in [0, 0.1) is 11.8 Å². The van der Waals surface area contributed by atoms with E-state index in [1.54, 1.807) is 62.6 Å². The van der Waals surface area contributed by atoms with Gasteiger partial charge in [-0.2, -0.15) is 0 Å². The number of carbonyl (C=O) groups excluding carboxylic acids is 3. The number of amides is 1. The molecule has 27 heavy (non-hydrogen) atoms. The van der Waals surface area contributed by atoms with E-state index in [2.05, 4.69) is 5.32 Å².